The van der Waals surface area contributed by atoms with Gasteiger partial charge in [-0.1, -0.05) is 12.1 Å². The number of carbonyl (C=O) groups is 1. The number of carbonyl (C=O) groups excluding carboxylic acids is 1. The zero-order chi connectivity index (χ0) is 17.1. The van der Waals surface area contributed by atoms with Gasteiger partial charge in [-0.05, 0) is 49.1 Å². The fraction of sp³-hybridized carbons (Fsp3) is 0.222. The molecule has 1 aliphatic heterocycles. The van der Waals surface area contributed by atoms with E-state index in [1.165, 1.54) is 11.3 Å². The summed E-state index contributed by atoms with van der Waals surface area (Å²) in [4.78, 5) is 17.1. The minimum atomic E-state index is -0.458. The third kappa shape index (κ3) is 3.49. The molecule has 2 heterocycles. The van der Waals surface area contributed by atoms with Gasteiger partial charge in [0.25, 0.3) is 0 Å². The van der Waals surface area contributed by atoms with Crippen LogP contribution in [0.3, 0.4) is 0 Å². The molecule has 6 heteroatoms. The number of hydrogen-bond donors (Lipinski definition) is 0. The number of methoxy groups -OCH3 is 1. The van der Waals surface area contributed by atoms with E-state index < -0.39 is 5.97 Å². The van der Waals surface area contributed by atoms with Crippen LogP contribution in [0, 0.1) is 0 Å². The molecule has 0 amide bonds. The highest BCUT2D eigenvalue weighted by atomic mass is 32.1. The summed E-state index contributed by atoms with van der Waals surface area (Å²) in [7, 11) is 1.59. The number of hydrogen-bond acceptors (Lipinski definition) is 6. The number of benzene rings is 1. The van der Waals surface area contributed by atoms with E-state index in [-0.39, 0.29) is 11.8 Å². The summed E-state index contributed by atoms with van der Waals surface area (Å²) in [6.45, 7) is 3.88. The molecule has 1 aliphatic rings. The Hall–Kier alpha value is -2.60. The lowest BCUT2D eigenvalue weighted by Gasteiger charge is -2.13. The van der Waals surface area contributed by atoms with Crippen LogP contribution in [0.15, 0.2) is 46.4 Å². The lowest BCUT2D eigenvalue weighted by atomic mass is 10.1. The summed E-state index contributed by atoms with van der Waals surface area (Å²) in [5.74, 6) is 1.15. The zero-order valence-corrected chi connectivity index (χ0v) is 14.4. The third-order valence-electron chi connectivity index (χ3n) is 3.21. The van der Waals surface area contributed by atoms with E-state index >= 15 is 0 Å². The second-order valence-electron chi connectivity index (χ2n) is 5.39. The van der Waals surface area contributed by atoms with Crippen molar-refractivity contribution in [2.75, 3.05) is 7.11 Å². The first-order chi connectivity index (χ1) is 11.6. The minimum absolute atomic E-state index is 0.0155. The third-order valence-corrected chi connectivity index (χ3v) is 4.06. The Morgan fingerprint density at radius 1 is 1.25 bits per heavy atom. The van der Waals surface area contributed by atoms with Crippen molar-refractivity contribution in [3.05, 3.63) is 51.8 Å². The standard InChI is InChI=1S/C18H17NO4S/c1-11(2)22-15-10-12(6-7-14(15)21-3)9-13-18(20)23-17(19-13)16-5-4-8-24-16/h4-11H,1-3H3/b13-9-. The number of cyclic esters (lactones) is 1. The summed E-state index contributed by atoms with van der Waals surface area (Å²) in [6, 6.07) is 9.20. The molecule has 124 valence electrons. The van der Waals surface area contributed by atoms with E-state index in [2.05, 4.69) is 4.99 Å². The molecule has 0 bridgehead atoms. The molecule has 0 N–H and O–H groups in total. The van der Waals surface area contributed by atoms with Gasteiger partial charge in [0.15, 0.2) is 17.2 Å². The molecule has 24 heavy (non-hydrogen) atoms. The highest BCUT2D eigenvalue weighted by molar-refractivity contribution is 7.12. The van der Waals surface area contributed by atoms with Crippen molar-refractivity contribution in [1.82, 2.24) is 0 Å². The monoisotopic (exact) mass is 343 g/mol. The molecule has 1 aromatic carbocycles. The van der Waals surface area contributed by atoms with Gasteiger partial charge in [-0.3, -0.25) is 0 Å². The molecule has 0 fully saturated rings. The SMILES string of the molecule is COc1ccc(/C=C2\N=C(c3cccs3)OC2=O)cc1OC(C)C. The van der Waals surface area contributed by atoms with Crippen LogP contribution in [0.4, 0.5) is 0 Å². The number of thiophene rings is 1. The molecule has 3 rings (SSSR count). The smallest absolute Gasteiger partial charge is 0.363 e. The summed E-state index contributed by atoms with van der Waals surface area (Å²) in [5.41, 5.74) is 1.05. The van der Waals surface area contributed by atoms with Crippen LogP contribution in [0.1, 0.15) is 24.3 Å². The molecule has 0 saturated heterocycles. The van der Waals surface area contributed by atoms with Crippen LogP contribution in [0.2, 0.25) is 0 Å². The van der Waals surface area contributed by atoms with Gasteiger partial charge < -0.3 is 14.2 Å². The van der Waals surface area contributed by atoms with E-state index in [1.807, 2.05) is 43.5 Å². The molecule has 0 atom stereocenters. The van der Waals surface area contributed by atoms with Crippen molar-refractivity contribution in [2.24, 2.45) is 4.99 Å². The Bertz CT molecular complexity index is 806. The summed E-state index contributed by atoms with van der Waals surface area (Å²) in [5, 5.41) is 1.91. The minimum Gasteiger partial charge on any atom is -0.493 e. The van der Waals surface area contributed by atoms with Crippen molar-refractivity contribution in [3.63, 3.8) is 0 Å². The maximum absolute atomic E-state index is 12.0. The number of esters is 1. The van der Waals surface area contributed by atoms with Gasteiger partial charge in [-0.25, -0.2) is 9.79 Å². The van der Waals surface area contributed by atoms with E-state index in [0.717, 1.165) is 10.4 Å². The topological polar surface area (TPSA) is 57.1 Å². The van der Waals surface area contributed by atoms with Crippen molar-refractivity contribution in [1.29, 1.82) is 0 Å². The largest absolute Gasteiger partial charge is 0.493 e. The maximum Gasteiger partial charge on any atom is 0.363 e. The Morgan fingerprint density at radius 2 is 2.08 bits per heavy atom. The first-order valence-electron chi connectivity index (χ1n) is 7.48. The molecule has 0 saturated carbocycles. The van der Waals surface area contributed by atoms with Crippen LogP contribution in [-0.2, 0) is 9.53 Å². The van der Waals surface area contributed by atoms with Crippen LogP contribution in [0.5, 0.6) is 11.5 Å². The number of aliphatic imine (C=N–C) groups is 1. The van der Waals surface area contributed by atoms with Gasteiger partial charge in [0.1, 0.15) is 0 Å². The first-order valence-corrected chi connectivity index (χ1v) is 8.36. The second kappa shape index (κ2) is 6.88. The van der Waals surface area contributed by atoms with Gasteiger partial charge in [-0.15, -0.1) is 11.3 Å². The molecule has 0 aliphatic carbocycles. The zero-order valence-electron chi connectivity index (χ0n) is 13.6. The van der Waals surface area contributed by atoms with Gasteiger partial charge in [0, 0.05) is 0 Å². The molecular formula is C18H17NO4S. The van der Waals surface area contributed by atoms with E-state index in [1.54, 1.807) is 19.3 Å². The summed E-state index contributed by atoms with van der Waals surface area (Å²) >= 11 is 1.47. The van der Waals surface area contributed by atoms with Crippen LogP contribution < -0.4 is 9.47 Å². The van der Waals surface area contributed by atoms with Gasteiger partial charge >= 0.3 is 5.97 Å². The van der Waals surface area contributed by atoms with Crippen LogP contribution >= 0.6 is 11.3 Å². The molecule has 2 aromatic rings. The predicted octanol–water partition coefficient (Wildman–Crippen LogP) is 3.89. The second-order valence-corrected chi connectivity index (χ2v) is 6.34. The van der Waals surface area contributed by atoms with Gasteiger partial charge in [0.2, 0.25) is 5.90 Å². The fourth-order valence-electron chi connectivity index (χ4n) is 2.20. The molecule has 0 radical (unpaired) electrons. The molecule has 0 spiro atoms. The van der Waals surface area contributed by atoms with Gasteiger partial charge in [-0.2, -0.15) is 0 Å². The van der Waals surface area contributed by atoms with Gasteiger partial charge in [0.05, 0.1) is 18.1 Å². The Balaban J connectivity index is 1.92. The number of rotatable bonds is 5. The maximum atomic E-state index is 12.0. The first kappa shape index (κ1) is 16.3. The average Bonchev–Trinajstić information content (AvgIpc) is 3.17. The Morgan fingerprint density at radius 3 is 2.75 bits per heavy atom. The highest BCUT2D eigenvalue weighted by Crippen LogP contribution is 2.30. The lowest BCUT2D eigenvalue weighted by molar-refractivity contribution is -0.129. The number of ether oxygens (including phenoxy) is 3. The fourth-order valence-corrected chi connectivity index (χ4v) is 2.85. The molecular weight excluding hydrogens is 326 g/mol. The highest BCUT2D eigenvalue weighted by Gasteiger charge is 2.24. The molecule has 0 unspecified atom stereocenters. The van der Waals surface area contributed by atoms with Crippen molar-refractivity contribution >= 4 is 29.3 Å². The van der Waals surface area contributed by atoms with E-state index in [0.29, 0.717) is 17.4 Å². The number of nitrogens with zero attached hydrogens (tertiary/aromatic N) is 1. The van der Waals surface area contributed by atoms with Crippen molar-refractivity contribution in [2.45, 2.75) is 20.0 Å². The van der Waals surface area contributed by atoms with Crippen LogP contribution in [-0.4, -0.2) is 25.1 Å². The summed E-state index contributed by atoms with van der Waals surface area (Å²) in [6.07, 6.45) is 1.69. The van der Waals surface area contributed by atoms with Crippen molar-refractivity contribution < 1.29 is 19.0 Å². The Kier molecular flexibility index (Phi) is 4.66. The lowest BCUT2D eigenvalue weighted by Crippen LogP contribution is -2.07. The molecule has 5 nitrogen and oxygen atoms in total. The average molecular weight is 343 g/mol. The predicted molar refractivity (Wildman–Crippen MR) is 93.7 cm³/mol. The quantitative estimate of drug-likeness (QED) is 0.610. The van der Waals surface area contributed by atoms with E-state index in [4.69, 9.17) is 14.2 Å². The molecule has 1 aromatic heterocycles. The Labute approximate surface area is 144 Å². The van der Waals surface area contributed by atoms with Crippen LogP contribution in [0.25, 0.3) is 6.08 Å². The normalized spacial score (nSPS) is 15.6. The van der Waals surface area contributed by atoms with Crippen molar-refractivity contribution in [3.8, 4) is 11.5 Å². The van der Waals surface area contributed by atoms with E-state index in [9.17, 15) is 4.79 Å². The summed E-state index contributed by atoms with van der Waals surface area (Å²) < 4.78 is 16.3.